The molecule has 0 saturated heterocycles. The van der Waals surface area contributed by atoms with Gasteiger partial charge in [0.1, 0.15) is 11.6 Å². The van der Waals surface area contributed by atoms with Crippen LogP contribution in [-0.2, 0) is 4.79 Å². The highest BCUT2D eigenvalue weighted by Gasteiger charge is 2.25. The van der Waals surface area contributed by atoms with E-state index in [1.807, 2.05) is 54.6 Å². The number of H-pyrrole nitrogens is 1. The van der Waals surface area contributed by atoms with Gasteiger partial charge in [0.25, 0.3) is 5.91 Å². The maximum Gasteiger partial charge on any atom is 0.261 e. The number of para-hydroxylation sites is 3. The van der Waals surface area contributed by atoms with Gasteiger partial charge in [-0.15, -0.1) is 0 Å². The number of carbonyl (C=O) groups excluding carboxylic acids is 1. The normalized spacial score (nSPS) is 13.6. The highest BCUT2D eigenvalue weighted by molar-refractivity contribution is 5.81. The Labute approximate surface area is 147 Å². The van der Waals surface area contributed by atoms with Crippen molar-refractivity contribution in [2.24, 2.45) is 5.92 Å². The highest BCUT2D eigenvalue weighted by atomic mass is 16.5. The van der Waals surface area contributed by atoms with E-state index in [1.54, 1.807) is 6.92 Å². The first-order valence-corrected chi connectivity index (χ1v) is 8.51. The molecular formula is C20H23N3O2. The van der Waals surface area contributed by atoms with E-state index in [9.17, 15) is 4.79 Å². The highest BCUT2D eigenvalue weighted by Crippen LogP contribution is 2.22. The molecule has 0 fully saturated rings. The first-order chi connectivity index (χ1) is 12.0. The van der Waals surface area contributed by atoms with Gasteiger partial charge in [-0.3, -0.25) is 4.79 Å². The maximum atomic E-state index is 12.6. The number of rotatable bonds is 6. The zero-order valence-corrected chi connectivity index (χ0v) is 14.7. The van der Waals surface area contributed by atoms with Crippen LogP contribution in [0.4, 0.5) is 0 Å². The Morgan fingerprint density at radius 1 is 1.04 bits per heavy atom. The van der Waals surface area contributed by atoms with E-state index in [1.165, 1.54) is 0 Å². The van der Waals surface area contributed by atoms with Gasteiger partial charge in [0.05, 0.1) is 17.1 Å². The van der Waals surface area contributed by atoms with E-state index in [4.69, 9.17) is 4.74 Å². The monoisotopic (exact) mass is 337 g/mol. The smallest absolute Gasteiger partial charge is 0.261 e. The van der Waals surface area contributed by atoms with Gasteiger partial charge in [0.2, 0.25) is 0 Å². The number of benzene rings is 2. The lowest BCUT2D eigenvalue weighted by molar-refractivity contribution is -0.128. The second kappa shape index (κ2) is 7.38. The molecule has 3 rings (SSSR count). The lowest BCUT2D eigenvalue weighted by Gasteiger charge is -2.23. The number of ether oxygens (including phenoxy) is 1. The molecule has 0 radical (unpaired) electrons. The quantitative estimate of drug-likeness (QED) is 0.718. The second-order valence-electron chi connectivity index (χ2n) is 6.44. The van der Waals surface area contributed by atoms with Gasteiger partial charge >= 0.3 is 0 Å². The van der Waals surface area contributed by atoms with Gasteiger partial charge in [-0.2, -0.15) is 0 Å². The number of hydrogen-bond donors (Lipinski definition) is 2. The maximum absolute atomic E-state index is 12.6. The zero-order valence-electron chi connectivity index (χ0n) is 14.7. The number of hydrogen-bond acceptors (Lipinski definition) is 3. The minimum absolute atomic E-state index is 0.164. The Hall–Kier alpha value is -2.82. The molecule has 1 heterocycles. The molecule has 5 heteroatoms. The first kappa shape index (κ1) is 17.0. The lowest BCUT2D eigenvalue weighted by Crippen LogP contribution is -2.40. The number of nitrogens with zero attached hydrogens (tertiary/aromatic N) is 1. The van der Waals surface area contributed by atoms with Crippen LogP contribution in [0, 0.1) is 5.92 Å². The van der Waals surface area contributed by atoms with Crippen LogP contribution in [0.25, 0.3) is 11.0 Å². The first-order valence-electron chi connectivity index (χ1n) is 8.51. The van der Waals surface area contributed by atoms with Crippen molar-refractivity contribution < 1.29 is 9.53 Å². The van der Waals surface area contributed by atoms with Crippen molar-refractivity contribution in [1.82, 2.24) is 15.3 Å². The summed E-state index contributed by atoms with van der Waals surface area (Å²) in [5.74, 6) is 1.46. The van der Waals surface area contributed by atoms with Gasteiger partial charge < -0.3 is 15.0 Å². The number of amides is 1. The summed E-state index contributed by atoms with van der Waals surface area (Å²) in [4.78, 5) is 20.5. The Bertz CT molecular complexity index is 809. The minimum atomic E-state index is -0.590. The summed E-state index contributed by atoms with van der Waals surface area (Å²) < 4.78 is 5.71. The molecule has 130 valence electrons. The van der Waals surface area contributed by atoms with Crippen molar-refractivity contribution in [3.8, 4) is 5.75 Å². The molecule has 3 aromatic rings. The molecule has 0 bridgehead atoms. The van der Waals surface area contributed by atoms with Gasteiger partial charge in [-0.05, 0) is 37.1 Å². The summed E-state index contributed by atoms with van der Waals surface area (Å²) in [6, 6.07) is 17.0. The zero-order chi connectivity index (χ0) is 17.8. The van der Waals surface area contributed by atoms with Crippen molar-refractivity contribution in [1.29, 1.82) is 0 Å². The number of imidazole rings is 1. The summed E-state index contributed by atoms with van der Waals surface area (Å²) in [5.41, 5.74) is 1.86. The molecule has 0 aliphatic carbocycles. The third-order valence-electron chi connectivity index (χ3n) is 4.09. The minimum Gasteiger partial charge on any atom is -0.481 e. The predicted octanol–water partition coefficient (Wildman–Crippen LogP) is 3.84. The van der Waals surface area contributed by atoms with E-state index in [2.05, 4.69) is 29.1 Å². The van der Waals surface area contributed by atoms with Gasteiger partial charge in [-0.1, -0.05) is 44.2 Å². The number of nitrogens with one attached hydrogen (secondary N) is 2. The van der Waals surface area contributed by atoms with E-state index in [0.29, 0.717) is 5.75 Å². The van der Waals surface area contributed by atoms with E-state index >= 15 is 0 Å². The fourth-order valence-electron chi connectivity index (χ4n) is 2.70. The molecule has 2 aromatic carbocycles. The van der Waals surface area contributed by atoms with Crippen molar-refractivity contribution in [3.05, 3.63) is 60.4 Å². The van der Waals surface area contributed by atoms with Crippen LogP contribution >= 0.6 is 0 Å². The predicted molar refractivity (Wildman–Crippen MR) is 98.3 cm³/mol. The third kappa shape index (κ3) is 3.99. The number of aromatic nitrogens is 2. The number of carbonyl (C=O) groups is 1. The standard InChI is InChI=1S/C20H23N3O2/c1-13(2)18(19-21-16-11-7-8-12-17(16)22-19)23-20(24)14(3)25-15-9-5-4-6-10-15/h4-14,18H,1-3H3,(H,21,22)(H,23,24)/t14-,18-/m0/s1. The van der Waals surface area contributed by atoms with Crippen LogP contribution in [0.2, 0.25) is 0 Å². The van der Waals surface area contributed by atoms with Crippen molar-refractivity contribution in [2.75, 3.05) is 0 Å². The molecule has 25 heavy (non-hydrogen) atoms. The Kier molecular flexibility index (Phi) is 5.03. The fraction of sp³-hybridized carbons (Fsp3) is 0.300. The Balaban J connectivity index is 1.73. The van der Waals surface area contributed by atoms with Crippen LogP contribution in [0.15, 0.2) is 54.6 Å². The molecule has 2 N–H and O–H groups in total. The number of aromatic amines is 1. The molecule has 5 nitrogen and oxygen atoms in total. The average Bonchev–Trinajstić information content (AvgIpc) is 3.03. The van der Waals surface area contributed by atoms with E-state index in [0.717, 1.165) is 16.9 Å². The van der Waals surface area contributed by atoms with Gasteiger partial charge in [0.15, 0.2) is 6.10 Å². The molecule has 0 aliphatic heterocycles. The summed E-state index contributed by atoms with van der Waals surface area (Å²) in [7, 11) is 0. The average molecular weight is 337 g/mol. The molecule has 0 aliphatic rings. The summed E-state index contributed by atoms with van der Waals surface area (Å²) in [6.45, 7) is 5.86. The Morgan fingerprint density at radius 2 is 1.72 bits per heavy atom. The van der Waals surface area contributed by atoms with Crippen LogP contribution < -0.4 is 10.1 Å². The molecule has 0 unspecified atom stereocenters. The summed E-state index contributed by atoms with van der Waals surface area (Å²) in [6.07, 6.45) is -0.590. The van der Waals surface area contributed by atoms with Gasteiger partial charge in [-0.25, -0.2) is 4.98 Å². The largest absolute Gasteiger partial charge is 0.481 e. The SMILES string of the molecule is CC(C)[C@H](NC(=O)[C@H](C)Oc1ccccc1)c1nc2ccccc2[nH]1. The van der Waals surface area contributed by atoms with E-state index in [-0.39, 0.29) is 17.9 Å². The second-order valence-corrected chi connectivity index (χ2v) is 6.44. The lowest BCUT2D eigenvalue weighted by atomic mass is 10.0. The molecule has 1 aromatic heterocycles. The molecule has 1 amide bonds. The van der Waals surface area contributed by atoms with Crippen LogP contribution in [0.1, 0.15) is 32.6 Å². The third-order valence-corrected chi connectivity index (χ3v) is 4.09. The number of fused-ring (bicyclic) bond motifs is 1. The summed E-state index contributed by atoms with van der Waals surface area (Å²) >= 11 is 0. The topological polar surface area (TPSA) is 67.0 Å². The van der Waals surface area contributed by atoms with Crippen molar-refractivity contribution in [3.63, 3.8) is 0 Å². The van der Waals surface area contributed by atoms with E-state index < -0.39 is 6.10 Å². The van der Waals surface area contributed by atoms with Crippen molar-refractivity contribution >= 4 is 16.9 Å². The van der Waals surface area contributed by atoms with Gasteiger partial charge in [0, 0.05) is 0 Å². The molecule has 0 saturated carbocycles. The summed E-state index contributed by atoms with van der Waals surface area (Å²) in [5, 5.41) is 3.06. The molecule has 2 atom stereocenters. The Morgan fingerprint density at radius 3 is 2.40 bits per heavy atom. The molecular weight excluding hydrogens is 314 g/mol. The van der Waals surface area contributed by atoms with Crippen molar-refractivity contribution in [2.45, 2.75) is 32.9 Å². The van der Waals surface area contributed by atoms with Crippen LogP contribution in [-0.4, -0.2) is 22.0 Å². The fourth-order valence-corrected chi connectivity index (χ4v) is 2.70. The molecule has 0 spiro atoms. The van der Waals surface area contributed by atoms with Crippen LogP contribution in [0.3, 0.4) is 0 Å². The van der Waals surface area contributed by atoms with Crippen LogP contribution in [0.5, 0.6) is 5.75 Å².